The van der Waals surface area contributed by atoms with E-state index in [0.717, 1.165) is 22.3 Å². The number of rotatable bonds is 8. The third kappa shape index (κ3) is 4.67. The molecule has 1 saturated carbocycles. The van der Waals surface area contributed by atoms with Gasteiger partial charge in [0.25, 0.3) is 0 Å². The van der Waals surface area contributed by atoms with Gasteiger partial charge in [0.05, 0.1) is 4.90 Å². The van der Waals surface area contributed by atoms with Gasteiger partial charge in [-0.1, -0.05) is 96.5 Å². The standard InChI is InChI=1S/C29H24ClNO3S/c30-25-15-11-22(12-16-25)23-13-17-26(18-14-23)35(34)31(20-21-7-3-1-4-8-21)29(28(32)33)19-27(29)24-9-5-2-6-10-24/h1-18,27H,19-20H2,(H,32,33). The Bertz CT molecular complexity index is 1340. The van der Waals surface area contributed by atoms with E-state index in [1.54, 1.807) is 4.31 Å². The van der Waals surface area contributed by atoms with E-state index in [1.165, 1.54) is 0 Å². The van der Waals surface area contributed by atoms with Crippen molar-refractivity contribution in [1.29, 1.82) is 0 Å². The van der Waals surface area contributed by atoms with Gasteiger partial charge in [-0.3, -0.25) is 4.79 Å². The molecule has 35 heavy (non-hydrogen) atoms. The summed E-state index contributed by atoms with van der Waals surface area (Å²) >= 11 is 6.00. The van der Waals surface area contributed by atoms with Crippen LogP contribution in [0.1, 0.15) is 23.5 Å². The summed E-state index contributed by atoms with van der Waals surface area (Å²) in [6, 6.07) is 34.2. The number of hydrogen-bond donors (Lipinski definition) is 1. The van der Waals surface area contributed by atoms with Crippen LogP contribution in [0.5, 0.6) is 0 Å². The first-order valence-electron chi connectivity index (χ1n) is 11.4. The molecule has 1 aliphatic rings. The van der Waals surface area contributed by atoms with Crippen molar-refractivity contribution in [3.05, 3.63) is 125 Å². The first-order chi connectivity index (χ1) is 17.0. The molecule has 176 valence electrons. The van der Waals surface area contributed by atoms with Crippen LogP contribution in [-0.2, 0) is 22.3 Å². The summed E-state index contributed by atoms with van der Waals surface area (Å²) in [5.41, 5.74) is 2.59. The minimum atomic E-state index is -1.68. The van der Waals surface area contributed by atoms with Crippen molar-refractivity contribution in [3.63, 3.8) is 0 Å². The Hall–Kier alpha value is -3.25. The van der Waals surface area contributed by atoms with Gasteiger partial charge in [0.2, 0.25) is 0 Å². The zero-order valence-electron chi connectivity index (χ0n) is 18.9. The maximum atomic E-state index is 14.0. The van der Waals surface area contributed by atoms with Crippen molar-refractivity contribution in [2.24, 2.45) is 0 Å². The number of halogens is 1. The van der Waals surface area contributed by atoms with Crippen LogP contribution in [0, 0.1) is 0 Å². The van der Waals surface area contributed by atoms with Gasteiger partial charge in [0, 0.05) is 17.5 Å². The molecule has 0 spiro atoms. The van der Waals surface area contributed by atoms with Crippen molar-refractivity contribution in [1.82, 2.24) is 4.31 Å². The molecule has 6 heteroatoms. The molecule has 0 heterocycles. The largest absolute Gasteiger partial charge is 0.480 e. The normalized spacial score (nSPS) is 19.9. The number of carboxylic acids is 1. The van der Waals surface area contributed by atoms with E-state index in [9.17, 15) is 14.1 Å². The minimum absolute atomic E-state index is 0.234. The average Bonchev–Trinajstić information content (AvgIpc) is 3.66. The Kier molecular flexibility index (Phi) is 6.56. The van der Waals surface area contributed by atoms with E-state index >= 15 is 0 Å². The average molecular weight is 502 g/mol. The highest BCUT2D eigenvalue weighted by Gasteiger charge is 2.66. The molecule has 5 rings (SSSR count). The Morgan fingerprint density at radius 3 is 1.97 bits per heavy atom. The predicted molar refractivity (Wildman–Crippen MR) is 139 cm³/mol. The lowest BCUT2D eigenvalue weighted by molar-refractivity contribution is -0.143. The van der Waals surface area contributed by atoms with Crippen molar-refractivity contribution in [2.75, 3.05) is 0 Å². The summed E-state index contributed by atoms with van der Waals surface area (Å²) in [5.74, 6) is -1.18. The second kappa shape index (κ2) is 9.78. The van der Waals surface area contributed by atoms with Crippen LogP contribution < -0.4 is 0 Å². The maximum Gasteiger partial charge on any atom is 0.325 e. The molecule has 3 atom stereocenters. The molecule has 4 aromatic carbocycles. The number of benzene rings is 4. The molecule has 1 N–H and O–H groups in total. The molecule has 3 unspecified atom stereocenters. The van der Waals surface area contributed by atoms with Gasteiger partial charge in [-0.05, 0) is 52.9 Å². The first-order valence-corrected chi connectivity index (χ1v) is 12.9. The topological polar surface area (TPSA) is 57.6 Å². The van der Waals surface area contributed by atoms with Crippen LogP contribution in [-0.4, -0.2) is 25.1 Å². The number of aliphatic carboxylic acids is 1. The lowest BCUT2D eigenvalue weighted by atomic mass is 10.1. The summed E-state index contributed by atoms with van der Waals surface area (Å²) < 4.78 is 15.6. The molecule has 4 aromatic rings. The zero-order valence-corrected chi connectivity index (χ0v) is 20.5. The molecule has 0 aliphatic heterocycles. The summed E-state index contributed by atoms with van der Waals surface area (Å²) in [4.78, 5) is 13.3. The lowest BCUT2D eigenvalue weighted by Gasteiger charge is -2.29. The third-order valence-corrected chi connectivity index (χ3v) is 8.33. The maximum absolute atomic E-state index is 14.0. The quantitative estimate of drug-likeness (QED) is 0.298. The fourth-order valence-electron chi connectivity index (χ4n) is 4.58. The lowest BCUT2D eigenvalue weighted by Crippen LogP contribution is -2.45. The second-order valence-corrected chi connectivity index (χ2v) is 10.5. The molecule has 0 saturated heterocycles. The summed E-state index contributed by atoms with van der Waals surface area (Å²) in [7, 11) is -1.68. The molecule has 0 amide bonds. The Balaban J connectivity index is 1.50. The van der Waals surface area contributed by atoms with Crippen molar-refractivity contribution in [2.45, 2.75) is 29.3 Å². The van der Waals surface area contributed by atoms with Crippen LogP contribution in [0.3, 0.4) is 0 Å². The highest BCUT2D eigenvalue weighted by atomic mass is 35.5. The Labute approximate surface area is 212 Å². The smallest absolute Gasteiger partial charge is 0.325 e. The van der Waals surface area contributed by atoms with Gasteiger partial charge in [0.15, 0.2) is 0 Å². The van der Waals surface area contributed by atoms with Crippen LogP contribution in [0.15, 0.2) is 114 Å². The van der Waals surface area contributed by atoms with Crippen LogP contribution >= 0.6 is 11.6 Å². The molecule has 0 bridgehead atoms. The predicted octanol–water partition coefficient (Wildman–Crippen LogP) is 6.54. The fourth-order valence-corrected chi connectivity index (χ4v) is 6.17. The monoisotopic (exact) mass is 501 g/mol. The number of carboxylic acid groups (broad SMARTS) is 1. The zero-order chi connectivity index (χ0) is 24.4. The van der Waals surface area contributed by atoms with Gasteiger partial charge in [-0.2, -0.15) is 4.31 Å². The van der Waals surface area contributed by atoms with E-state index < -0.39 is 22.5 Å². The second-order valence-electron chi connectivity index (χ2n) is 8.70. The van der Waals surface area contributed by atoms with Gasteiger partial charge >= 0.3 is 5.97 Å². The number of hydrogen-bond acceptors (Lipinski definition) is 2. The molecule has 1 fully saturated rings. The molecule has 1 aliphatic carbocycles. The number of nitrogens with zero attached hydrogens (tertiary/aromatic N) is 1. The van der Waals surface area contributed by atoms with E-state index in [-0.39, 0.29) is 12.5 Å². The van der Waals surface area contributed by atoms with E-state index in [4.69, 9.17) is 11.6 Å². The summed E-state index contributed by atoms with van der Waals surface area (Å²) in [6.07, 6.45) is 0.410. The minimum Gasteiger partial charge on any atom is -0.480 e. The molecular weight excluding hydrogens is 478 g/mol. The summed E-state index contributed by atoms with van der Waals surface area (Å²) in [5, 5.41) is 11.1. The van der Waals surface area contributed by atoms with E-state index in [1.807, 2.05) is 109 Å². The molecule has 0 aromatic heterocycles. The highest BCUT2D eigenvalue weighted by molar-refractivity contribution is 7.82. The molecule has 0 radical (unpaired) electrons. The Morgan fingerprint density at radius 2 is 1.40 bits per heavy atom. The van der Waals surface area contributed by atoms with Gasteiger partial charge < -0.3 is 5.11 Å². The van der Waals surface area contributed by atoms with Gasteiger partial charge in [-0.25, -0.2) is 4.21 Å². The fraction of sp³-hybridized carbons (Fsp3) is 0.138. The van der Waals surface area contributed by atoms with Gasteiger partial charge in [-0.15, -0.1) is 0 Å². The summed E-state index contributed by atoms with van der Waals surface area (Å²) in [6.45, 7) is 0.266. The highest BCUT2D eigenvalue weighted by Crippen LogP contribution is 2.57. The molecular formula is C29H24ClNO3S. The number of carbonyl (C=O) groups is 1. The Morgan fingerprint density at radius 1 is 0.857 bits per heavy atom. The third-order valence-electron chi connectivity index (χ3n) is 6.55. The van der Waals surface area contributed by atoms with Crippen molar-refractivity contribution in [3.8, 4) is 11.1 Å². The SMILES string of the molecule is O=C(O)C1(N(Cc2ccccc2)S(=O)c2ccc(-c3ccc(Cl)cc3)cc2)CC1c1ccccc1. The van der Waals surface area contributed by atoms with Crippen molar-refractivity contribution < 1.29 is 14.1 Å². The van der Waals surface area contributed by atoms with Crippen LogP contribution in [0.4, 0.5) is 0 Å². The van der Waals surface area contributed by atoms with E-state index in [2.05, 4.69) is 0 Å². The molecule has 4 nitrogen and oxygen atoms in total. The van der Waals surface area contributed by atoms with Crippen LogP contribution in [0.2, 0.25) is 5.02 Å². The van der Waals surface area contributed by atoms with Crippen LogP contribution in [0.25, 0.3) is 11.1 Å². The van der Waals surface area contributed by atoms with Gasteiger partial charge in [0.1, 0.15) is 16.5 Å². The van der Waals surface area contributed by atoms with E-state index in [0.29, 0.717) is 16.3 Å². The van der Waals surface area contributed by atoms with Crippen molar-refractivity contribution >= 4 is 28.6 Å². The first kappa shape index (κ1) is 23.5.